The molecule has 0 atom stereocenters. The summed E-state index contributed by atoms with van der Waals surface area (Å²) in [6.07, 6.45) is 3.77. The lowest BCUT2D eigenvalue weighted by molar-refractivity contribution is -0.112. The van der Waals surface area contributed by atoms with Gasteiger partial charge in [0.25, 0.3) is 5.91 Å². The molecule has 180 valence electrons. The number of amides is 1. The Hall–Kier alpha value is -3.90. The number of nitriles is 1. The van der Waals surface area contributed by atoms with E-state index in [9.17, 15) is 10.1 Å². The van der Waals surface area contributed by atoms with Gasteiger partial charge in [0, 0.05) is 13.1 Å². The maximum absolute atomic E-state index is 12.7. The van der Waals surface area contributed by atoms with Gasteiger partial charge in [0.05, 0.1) is 6.61 Å². The summed E-state index contributed by atoms with van der Waals surface area (Å²) in [6.45, 7) is 6.67. The van der Waals surface area contributed by atoms with Crippen LogP contribution >= 0.6 is 11.3 Å². The fourth-order valence-corrected chi connectivity index (χ4v) is 4.54. The Balaban J connectivity index is 1.46. The second-order valence-electron chi connectivity index (χ2n) is 8.12. The SMILES string of the molecule is CCOc1cc(/C=C(/C#N)C(=O)Nc2nnc(N3CCCC3)s2)ccc1OCc1cccc(C)c1. The summed E-state index contributed by atoms with van der Waals surface area (Å²) in [4.78, 5) is 14.9. The van der Waals surface area contributed by atoms with Crippen LogP contribution in [0, 0.1) is 18.3 Å². The zero-order chi connectivity index (χ0) is 24.6. The molecule has 2 heterocycles. The lowest BCUT2D eigenvalue weighted by atomic mass is 10.1. The molecule has 0 bridgehead atoms. The molecular formula is C26H27N5O3S. The summed E-state index contributed by atoms with van der Waals surface area (Å²) >= 11 is 1.31. The van der Waals surface area contributed by atoms with Crippen molar-refractivity contribution in [3.05, 3.63) is 64.7 Å². The number of hydrogen-bond acceptors (Lipinski definition) is 8. The van der Waals surface area contributed by atoms with Crippen LogP contribution in [0.5, 0.6) is 11.5 Å². The highest BCUT2D eigenvalue weighted by atomic mass is 32.1. The van der Waals surface area contributed by atoms with Gasteiger partial charge in [-0.05, 0) is 56.0 Å². The van der Waals surface area contributed by atoms with Crippen LogP contribution in [0.2, 0.25) is 0 Å². The Kier molecular flexibility index (Phi) is 7.95. The number of carbonyl (C=O) groups is 1. The van der Waals surface area contributed by atoms with Crippen molar-refractivity contribution in [2.24, 2.45) is 0 Å². The zero-order valence-electron chi connectivity index (χ0n) is 19.8. The summed E-state index contributed by atoms with van der Waals surface area (Å²) in [7, 11) is 0. The molecule has 0 saturated carbocycles. The lowest BCUT2D eigenvalue weighted by Crippen LogP contribution is -2.17. The number of aryl methyl sites for hydroxylation is 1. The third-order valence-corrected chi connectivity index (χ3v) is 6.33. The van der Waals surface area contributed by atoms with Gasteiger partial charge in [0.15, 0.2) is 11.5 Å². The number of ether oxygens (including phenoxy) is 2. The number of rotatable bonds is 9. The van der Waals surface area contributed by atoms with E-state index < -0.39 is 5.91 Å². The van der Waals surface area contributed by atoms with Crippen molar-refractivity contribution in [3.8, 4) is 17.6 Å². The maximum Gasteiger partial charge on any atom is 0.268 e. The topological polar surface area (TPSA) is 100 Å². The molecule has 2 aromatic carbocycles. The quantitative estimate of drug-likeness (QED) is 0.334. The average Bonchev–Trinajstić information content (AvgIpc) is 3.54. The molecule has 1 fully saturated rings. The van der Waals surface area contributed by atoms with Gasteiger partial charge >= 0.3 is 0 Å². The van der Waals surface area contributed by atoms with Crippen molar-refractivity contribution in [1.29, 1.82) is 5.26 Å². The molecule has 1 amide bonds. The molecule has 1 aliphatic heterocycles. The first-order valence-corrected chi connectivity index (χ1v) is 12.3. The van der Waals surface area contributed by atoms with Crippen LogP contribution in [-0.4, -0.2) is 35.8 Å². The molecule has 35 heavy (non-hydrogen) atoms. The zero-order valence-corrected chi connectivity index (χ0v) is 20.6. The average molecular weight is 490 g/mol. The van der Waals surface area contributed by atoms with E-state index in [-0.39, 0.29) is 5.57 Å². The van der Waals surface area contributed by atoms with Crippen molar-refractivity contribution in [3.63, 3.8) is 0 Å². The molecule has 1 N–H and O–H groups in total. The first kappa shape index (κ1) is 24.2. The van der Waals surface area contributed by atoms with Gasteiger partial charge in [-0.2, -0.15) is 5.26 Å². The standard InChI is InChI=1S/C26H27N5O3S/c1-3-33-23-15-19(9-10-22(23)34-17-20-8-6-7-18(2)13-20)14-21(16-27)24(32)28-25-29-30-26(35-25)31-11-4-5-12-31/h6-10,13-15H,3-5,11-12,17H2,1-2H3,(H,28,29,32)/b21-14-. The number of benzene rings is 2. The number of nitrogens with zero attached hydrogens (tertiary/aromatic N) is 4. The highest BCUT2D eigenvalue weighted by Crippen LogP contribution is 2.31. The fourth-order valence-electron chi connectivity index (χ4n) is 3.75. The predicted molar refractivity (Wildman–Crippen MR) is 137 cm³/mol. The molecule has 8 nitrogen and oxygen atoms in total. The minimum Gasteiger partial charge on any atom is -0.490 e. The number of anilines is 2. The molecule has 0 aliphatic carbocycles. The molecule has 3 aromatic rings. The first-order chi connectivity index (χ1) is 17.1. The smallest absolute Gasteiger partial charge is 0.268 e. The van der Waals surface area contributed by atoms with Gasteiger partial charge in [0.1, 0.15) is 18.2 Å². The Morgan fingerprint density at radius 1 is 1.17 bits per heavy atom. The fraction of sp³-hybridized carbons (Fsp3) is 0.308. The second-order valence-corrected chi connectivity index (χ2v) is 9.08. The number of nitrogens with one attached hydrogen (secondary N) is 1. The van der Waals surface area contributed by atoms with Crippen molar-refractivity contribution in [1.82, 2.24) is 10.2 Å². The Labute approximate surface area is 208 Å². The van der Waals surface area contributed by atoms with E-state index in [1.165, 1.54) is 23.0 Å². The number of aromatic nitrogens is 2. The molecule has 4 rings (SSSR count). The van der Waals surface area contributed by atoms with Crippen LogP contribution in [0.15, 0.2) is 48.0 Å². The van der Waals surface area contributed by atoms with Gasteiger partial charge in [-0.25, -0.2) is 0 Å². The van der Waals surface area contributed by atoms with Crippen molar-refractivity contribution >= 4 is 33.6 Å². The van der Waals surface area contributed by atoms with Gasteiger partial charge in [0.2, 0.25) is 10.3 Å². The van der Waals surface area contributed by atoms with Crippen LogP contribution in [0.1, 0.15) is 36.5 Å². The maximum atomic E-state index is 12.7. The minimum atomic E-state index is -0.533. The molecule has 0 unspecified atom stereocenters. The number of carbonyl (C=O) groups excluding carboxylic acids is 1. The molecule has 1 aliphatic rings. The molecule has 0 radical (unpaired) electrons. The summed E-state index contributed by atoms with van der Waals surface area (Å²) < 4.78 is 11.7. The summed E-state index contributed by atoms with van der Waals surface area (Å²) in [5.41, 5.74) is 2.83. The molecular weight excluding hydrogens is 462 g/mol. The second kappa shape index (κ2) is 11.5. The largest absolute Gasteiger partial charge is 0.490 e. The summed E-state index contributed by atoms with van der Waals surface area (Å²) in [6, 6.07) is 15.4. The van der Waals surface area contributed by atoms with Crippen LogP contribution in [0.4, 0.5) is 10.3 Å². The van der Waals surface area contributed by atoms with E-state index in [2.05, 4.69) is 26.5 Å². The van der Waals surface area contributed by atoms with Gasteiger partial charge in [-0.15, -0.1) is 10.2 Å². The number of hydrogen-bond donors (Lipinski definition) is 1. The highest BCUT2D eigenvalue weighted by molar-refractivity contribution is 7.19. The van der Waals surface area contributed by atoms with E-state index in [0.29, 0.717) is 35.4 Å². The Morgan fingerprint density at radius 3 is 2.74 bits per heavy atom. The third-order valence-electron chi connectivity index (χ3n) is 5.43. The van der Waals surface area contributed by atoms with E-state index in [4.69, 9.17) is 9.47 Å². The monoisotopic (exact) mass is 489 g/mol. The van der Waals surface area contributed by atoms with Gasteiger partial charge in [-0.1, -0.05) is 47.2 Å². The molecule has 1 aromatic heterocycles. The van der Waals surface area contributed by atoms with Crippen molar-refractivity contribution in [2.45, 2.75) is 33.3 Å². The van der Waals surface area contributed by atoms with Crippen LogP contribution < -0.4 is 19.7 Å². The van der Waals surface area contributed by atoms with Crippen LogP contribution in [0.25, 0.3) is 6.08 Å². The highest BCUT2D eigenvalue weighted by Gasteiger charge is 2.19. The van der Waals surface area contributed by atoms with Gasteiger partial charge < -0.3 is 14.4 Å². The van der Waals surface area contributed by atoms with Crippen LogP contribution in [-0.2, 0) is 11.4 Å². The first-order valence-electron chi connectivity index (χ1n) is 11.5. The third kappa shape index (κ3) is 6.37. The van der Waals surface area contributed by atoms with E-state index in [1.54, 1.807) is 18.2 Å². The minimum absolute atomic E-state index is 0.0428. The molecule has 1 saturated heterocycles. The van der Waals surface area contributed by atoms with Gasteiger partial charge in [-0.3, -0.25) is 10.1 Å². The predicted octanol–water partition coefficient (Wildman–Crippen LogP) is 4.97. The Morgan fingerprint density at radius 2 is 2.00 bits per heavy atom. The van der Waals surface area contributed by atoms with E-state index in [1.807, 2.05) is 38.1 Å². The van der Waals surface area contributed by atoms with E-state index >= 15 is 0 Å². The Bertz CT molecular complexity index is 1260. The van der Waals surface area contributed by atoms with Crippen LogP contribution in [0.3, 0.4) is 0 Å². The molecule has 9 heteroatoms. The van der Waals surface area contributed by atoms with Crippen molar-refractivity contribution in [2.75, 3.05) is 29.9 Å². The van der Waals surface area contributed by atoms with Crippen molar-refractivity contribution < 1.29 is 14.3 Å². The van der Waals surface area contributed by atoms with E-state index in [0.717, 1.165) is 36.6 Å². The lowest BCUT2D eigenvalue weighted by Gasteiger charge is -2.13. The molecule has 0 spiro atoms. The normalized spacial score (nSPS) is 13.4. The summed E-state index contributed by atoms with van der Waals surface area (Å²) in [5.74, 6) is 0.608. The summed E-state index contributed by atoms with van der Waals surface area (Å²) in [5, 5.41) is 21.6.